The zero-order valence-corrected chi connectivity index (χ0v) is 9.56. The molecule has 4 nitrogen and oxygen atoms in total. The fourth-order valence-corrected chi connectivity index (χ4v) is 1.54. The van der Waals surface area contributed by atoms with Gasteiger partial charge in [-0.25, -0.2) is 4.98 Å². The third-order valence-corrected chi connectivity index (χ3v) is 2.45. The maximum Gasteiger partial charge on any atom is 0.195 e. The summed E-state index contributed by atoms with van der Waals surface area (Å²) >= 11 is 0. The van der Waals surface area contributed by atoms with Crippen LogP contribution in [0.25, 0.3) is 11.1 Å². The summed E-state index contributed by atoms with van der Waals surface area (Å²) < 4.78 is 10.7. The second kappa shape index (κ2) is 4.53. The molecule has 2 N–H and O–H groups in total. The molecule has 1 heterocycles. The number of nitrogens with zero attached hydrogens (tertiary/aromatic N) is 1. The lowest BCUT2D eigenvalue weighted by Gasteiger charge is -1.99. The van der Waals surface area contributed by atoms with Crippen molar-refractivity contribution in [2.24, 2.45) is 5.73 Å². The number of aromatic nitrogens is 1. The molecule has 0 aliphatic rings. The maximum atomic E-state index is 5.69. The average molecular weight is 220 g/mol. The van der Waals surface area contributed by atoms with Crippen LogP contribution < -0.4 is 10.5 Å². The Morgan fingerprint density at radius 3 is 3.00 bits per heavy atom. The summed E-state index contributed by atoms with van der Waals surface area (Å²) in [5.74, 6) is 1.52. The minimum Gasteiger partial charge on any atom is -0.497 e. The minimum atomic E-state index is 0.171. The number of oxazole rings is 1. The molecule has 16 heavy (non-hydrogen) atoms. The largest absolute Gasteiger partial charge is 0.497 e. The minimum absolute atomic E-state index is 0.171. The third-order valence-electron chi connectivity index (χ3n) is 2.45. The second-order valence-electron chi connectivity index (χ2n) is 3.96. The zero-order valence-electron chi connectivity index (χ0n) is 9.56. The maximum absolute atomic E-state index is 5.69. The average Bonchev–Trinajstić information content (AvgIpc) is 2.67. The van der Waals surface area contributed by atoms with Gasteiger partial charge in [-0.15, -0.1) is 0 Å². The van der Waals surface area contributed by atoms with Gasteiger partial charge in [-0.1, -0.05) is 0 Å². The van der Waals surface area contributed by atoms with E-state index in [1.54, 1.807) is 7.11 Å². The van der Waals surface area contributed by atoms with Crippen molar-refractivity contribution >= 4 is 11.1 Å². The molecule has 1 aromatic carbocycles. The normalized spacial score (nSPS) is 12.9. The van der Waals surface area contributed by atoms with Gasteiger partial charge in [-0.05, 0) is 25.5 Å². The van der Waals surface area contributed by atoms with Gasteiger partial charge < -0.3 is 14.9 Å². The van der Waals surface area contributed by atoms with Gasteiger partial charge in [0.15, 0.2) is 11.5 Å². The molecular formula is C12H16N2O2. The van der Waals surface area contributed by atoms with E-state index in [1.165, 1.54) is 0 Å². The highest BCUT2D eigenvalue weighted by atomic mass is 16.5. The van der Waals surface area contributed by atoms with Crippen LogP contribution in [-0.2, 0) is 6.42 Å². The van der Waals surface area contributed by atoms with E-state index >= 15 is 0 Å². The van der Waals surface area contributed by atoms with Crippen LogP contribution in [0.3, 0.4) is 0 Å². The van der Waals surface area contributed by atoms with Crippen LogP contribution >= 0.6 is 0 Å². The topological polar surface area (TPSA) is 61.3 Å². The van der Waals surface area contributed by atoms with E-state index in [9.17, 15) is 0 Å². The lowest BCUT2D eigenvalue weighted by atomic mass is 10.2. The molecule has 0 fully saturated rings. The molecule has 2 rings (SSSR count). The van der Waals surface area contributed by atoms with Gasteiger partial charge in [0.1, 0.15) is 11.3 Å². The lowest BCUT2D eigenvalue weighted by molar-refractivity contribution is 0.414. The molecule has 0 saturated carbocycles. The molecule has 1 atom stereocenters. The molecule has 0 saturated heterocycles. The van der Waals surface area contributed by atoms with Crippen LogP contribution in [0.4, 0.5) is 0 Å². The van der Waals surface area contributed by atoms with Gasteiger partial charge >= 0.3 is 0 Å². The van der Waals surface area contributed by atoms with E-state index in [0.29, 0.717) is 0 Å². The molecule has 1 unspecified atom stereocenters. The number of ether oxygens (including phenoxy) is 1. The van der Waals surface area contributed by atoms with Gasteiger partial charge in [0.2, 0.25) is 0 Å². The van der Waals surface area contributed by atoms with Crippen LogP contribution in [0, 0.1) is 0 Å². The van der Waals surface area contributed by atoms with Crippen LogP contribution in [0.5, 0.6) is 5.75 Å². The summed E-state index contributed by atoms with van der Waals surface area (Å²) in [6.07, 6.45) is 1.65. The van der Waals surface area contributed by atoms with Crippen molar-refractivity contribution < 1.29 is 9.15 Å². The van der Waals surface area contributed by atoms with Crippen LogP contribution in [0.15, 0.2) is 22.6 Å². The van der Waals surface area contributed by atoms with E-state index in [1.807, 2.05) is 25.1 Å². The molecule has 86 valence electrons. The quantitative estimate of drug-likeness (QED) is 0.857. The predicted octanol–water partition coefficient (Wildman–Crippen LogP) is 2.12. The highest BCUT2D eigenvalue weighted by molar-refractivity contribution is 5.74. The van der Waals surface area contributed by atoms with Gasteiger partial charge in [-0.3, -0.25) is 0 Å². The van der Waals surface area contributed by atoms with Crippen LogP contribution in [-0.4, -0.2) is 18.1 Å². The molecule has 1 aromatic heterocycles. The van der Waals surface area contributed by atoms with Crippen molar-refractivity contribution in [1.82, 2.24) is 4.98 Å². The van der Waals surface area contributed by atoms with Crippen LogP contribution in [0.1, 0.15) is 19.2 Å². The van der Waals surface area contributed by atoms with Crippen molar-refractivity contribution in [3.63, 3.8) is 0 Å². The lowest BCUT2D eigenvalue weighted by Crippen LogP contribution is -2.15. The number of benzene rings is 1. The second-order valence-corrected chi connectivity index (χ2v) is 3.96. The van der Waals surface area contributed by atoms with E-state index in [0.717, 1.165) is 35.6 Å². The van der Waals surface area contributed by atoms with Gasteiger partial charge in [0.25, 0.3) is 0 Å². The first-order valence-corrected chi connectivity index (χ1v) is 5.38. The summed E-state index contributed by atoms with van der Waals surface area (Å²) in [7, 11) is 1.63. The summed E-state index contributed by atoms with van der Waals surface area (Å²) in [5.41, 5.74) is 7.32. The Labute approximate surface area is 94.4 Å². The third kappa shape index (κ3) is 2.33. The zero-order chi connectivity index (χ0) is 11.5. The molecule has 0 radical (unpaired) electrons. The van der Waals surface area contributed by atoms with Crippen molar-refractivity contribution in [3.05, 3.63) is 24.1 Å². The van der Waals surface area contributed by atoms with Gasteiger partial charge in [0, 0.05) is 18.5 Å². The summed E-state index contributed by atoms with van der Waals surface area (Å²) in [6, 6.07) is 5.79. The number of hydrogen-bond acceptors (Lipinski definition) is 4. The van der Waals surface area contributed by atoms with Crippen molar-refractivity contribution in [2.75, 3.05) is 7.11 Å². The first-order valence-electron chi connectivity index (χ1n) is 5.38. The molecule has 0 amide bonds. The Balaban J connectivity index is 2.22. The Bertz CT molecular complexity index is 477. The monoisotopic (exact) mass is 220 g/mol. The number of nitrogens with two attached hydrogens (primary N) is 1. The number of aryl methyl sites for hydroxylation is 1. The number of rotatable bonds is 4. The van der Waals surface area contributed by atoms with E-state index in [4.69, 9.17) is 14.9 Å². The smallest absolute Gasteiger partial charge is 0.195 e. The first-order chi connectivity index (χ1) is 7.69. The van der Waals surface area contributed by atoms with Crippen LogP contribution in [0.2, 0.25) is 0 Å². The fourth-order valence-electron chi connectivity index (χ4n) is 1.54. The Morgan fingerprint density at radius 2 is 2.31 bits per heavy atom. The fraction of sp³-hybridized carbons (Fsp3) is 0.417. The van der Waals surface area contributed by atoms with Crippen molar-refractivity contribution in [1.29, 1.82) is 0 Å². The van der Waals surface area contributed by atoms with E-state index < -0.39 is 0 Å². The SMILES string of the molecule is COc1ccc2nc(CCC(C)N)oc2c1. The number of hydrogen-bond donors (Lipinski definition) is 1. The predicted molar refractivity (Wildman–Crippen MR) is 62.5 cm³/mol. The standard InChI is InChI=1S/C12H16N2O2/c1-8(13)3-6-12-14-10-5-4-9(15-2)7-11(10)16-12/h4-5,7-8H,3,6,13H2,1-2H3. The molecule has 0 aliphatic carbocycles. The molecule has 2 aromatic rings. The van der Waals surface area contributed by atoms with Gasteiger partial charge in [0.05, 0.1) is 7.11 Å². The Kier molecular flexibility index (Phi) is 3.10. The number of fused-ring (bicyclic) bond motifs is 1. The van der Waals surface area contributed by atoms with E-state index in [2.05, 4.69) is 4.98 Å². The summed E-state index contributed by atoms with van der Waals surface area (Å²) in [6.45, 7) is 1.98. The molecule has 0 aliphatic heterocycles. The molecule has 0 spiro atoms. The highest BCUT2D eigenvalue weighted by Gasteiger charge is 2.07. The summed E-state index contributed by atoms with van der Waals surface area (Å²) in [5, 5.41) is 0. The van der Waals surface area contributed by atoms with Gasteiger partial charge in [-0.2, -0.15) is 0 Å². The first kappa shape index (κ1) is 11.0. The van der Waals surface area contributed by atoms with Crippen molar-refractivity contribution in [2.45, 2.75) is 25.8 Å². The summed E-state index contributed by atoms with van der Waals surface area (Å²) in [4.78, 5) is 4.38. The number of methoxy groups -OCH3 is 1. The Hall–Kier alpha value is -1.55. The Morgan fingerprint density at radius 1 is 1.50 bits per heavy atom. The van der Waals surface area contributed by atoms with E-state index in [-0.39, 0.29) is 6.04 Å². The highest BCUT2D eigenvalue weighted by Crippen LogP contribution is 2.21. The molecule has 0 bridgehead atoms. The molecular weight excluding hydrogens is 204 g/mol. The van der Waals surface area contributed by atoms with Crippen molar-refractivity contribution in [3.8, 4) is 5.75 Å². The molecule has 4 heteroatoms.